The Balaban J connectivity index is 1.56. The normalized spacial score (nSPS) is 17.7. The maximum atomic E-state index is 6.03. The largest absolute Gasteiger partial charge is 0.355 e. The quantitative estimate of drug-likeness (QED) is 0.720. The molecule has 3 heterocycles. The number of benzene rings is 1. The Bertz CT molecular complexity index is 872. The van der Waals surface area contributed by atoms with Crippen molar-refractivity contribution in [3.05, 3.63) is 48.0 Å². The van der Waals surface area contributed by atoms with Crippen LogP contribution in [0.15, 0.2) is 43.0 Å². The van der Waals surface area contributed by atoms with E-state index in [0.29, 0.717) is 11.1 Å². The molecular weight excluding hydrogens is 336 g/mol. The van der Waals surface area contributed by atoms with E-state index in [0.717, 1.165) is 48.6 Å². The Morgan fingerprint density at radius 1 is 1.20 bits per heavy atom. The fraction of sp³-hybridized carbons (Fsp3) is 0.333. The third kappa shape index (κ3) is 3.35. The van der Waals surface area contributed by atoms with Crippen LogP contribution >= 0.6 is 11.6 Å². The minimum Gasteiger partial charge on any atom is -0.355 e. The molecule has 3 aromatic rings. The second-order valence-electron chi connectivity index (χ2n) is 6.28. The molecule has 0 radical (unpaired) electrons. The molecule has 2 aromatic heterocycles. The lowest BCUT2D eigenvalue weighted by molar-refractivity contribution is 0.483. The van der Waals surface area contributed by atoms with Gasteiger partial charge in [-0.1, -0.05) is 11.6 Å². The maximum absolute atomic E-state index is 6.03. The Morgan fingerprint density at radius 2 is 2.12 bits per heavy atom. The van der Waals surface area contributed by atoms with Gasteiger partial charge in [0.25, 0.3) is 0 Å². The van der Waals surface area contributed by atoms with E-state index in [1.165, 1.54) is 0 Å². The standard InChI is InChI=1S/C18H19ClN6/c1-24(17-6-7-20-12-22-17)14-3-2-8-25(11-14)18-10-21-16-9-13(19)4-5-15(16)23-18/h4-7,9-10,12,14H,2-3,8,11H2,1H3. The number of fused-ring (bicyclic) bond motifs is 1. The van der Waals surface area contributed by atoms with Crippen LogP contribution in [0.2, 0.25) is 5.02 Å². The highest BCUT2D eigenvalue weighted by molar-refractivity contribution is 6.31. The minimum absolute atomic E-state index is 0.381. The molecule has 128 valence electrons. The van der Waals surface area contributed by atoms with Crippen molar-refractivity contribution < 1.29 is 0 Å². The van der Waals surface area contributed by atoms with Crippen LogP contribution in [-0.4, -0.2) is 46.1 Å². The minimum atomic E-state index is 0.381. The molecule has 0 amide bonds. The monoisotopic (exact) mass is 354 g/mol. The third-order valence-electron chi connectivity index (χ3n) is 4.69. The number of likely N-dealkylation sites (N-methyl/N-ethyl adjacent to an activating group) is 1. The molecule has 4 rings (SSSR count). The number of nitrogens with zero attached hydrogens (tertiary/aromatic N) is 6. The molecule has 25 heavy (non-hydrogen) atoms. The van der Waals surface area contributed by atoms with Gasteiger partial charge in [-0.3, -0.25) is 4.98 Å². The maximum Gasteiger partial charge on any atom is 0.147 e. The van der Waals surface area contributed by atoms with Gasteiger partial charge in [-0.15, -0.1) is 0 Å². The lowest BCUT2D eigenvalue weighted by Gasteiger charge is -2.38. The number of piperidine rings is 1. The van der Waals surface area contributed by atoms with Crippen molar-refractivity contribution in [3.63, 3.8) is 0 Å². The first-order valence-corrected chi connectivity index (χ1v) is 8.74. The van der Waals surface area contributed by atoms with Crippen LogP contribution in [-0.2, 0) is 0 Å². The molecule has 1 fully saturated rings. The summed E-state index contributed by atoms with van der Waals surface area (Å²) in [6.45, 7) is 1.89. The second-order valence-corrected chi connectivity index (χ2v) is 6.72. The van der Waals surface area contributed by atoms with Gasteiger partial charge < -0.3 is 9.80 Å². The number of halogens is 1. The summed E-state index contributed by atoms with van der Waals surface area (Å²) in [6, 6.07) is 7.94. The van der Waals surface area contributed by atoms with Crippen LogP contribution in [0, 0.1) is 0 Å². The van der Waals surface area contributed by atoms with Gasteiger partial charge in [0.05, 0.1) is 17.2 Å². The number of hydrogen-bond acceptors (Lipinski definition) is 6. The van der Waals surface area contributed by atoms with Crippen molar-refractivity contribution in [1.29, 1.82) is 0 Å². The number of anilines is 2. The van der Waals surface area contributed by atoms with E-state index in [1.807, 2.05) is 30.5 Å². The van der Waals surface area contributed by atoms with Crippen molar-refractivity contribution in [2.45, 2.75) is 18.9 Å². The van der Waals surface area contributed by atoms with Gasteiger partial charge >= 0.3 is 0 Å². The Kier molecular flexibility index (Phi) is 4.36. The van der Waals surface area contributed by atoms with Gasteiger partial charge in [0, 0.05) is 37.4 Å². The molecule has 1 unspecified atom stereocenters. The van der Waals surface area contributed by atoms with E-state index >= 15 is 0 Å². The number of hydrogen-bond donors (Lipinski definition) is 0. The molecule has 0 aliphatic carbocycles. The van der Waals surface area contributed by atoms with Gasteiger partial charge in [0.2, 0.25) is 0 Å². The summed E-state index contributed by atoms with van der Waals surface area (Å²) in [4.78, 5) is 22.2. The first-order chi connectivity index (χ1) is 12.2. The predicted octanol–water partition coefficient (Wildman–Crippen LogP) is 3.18. The van der Waals surface area contributed by atoms with E-state index in [9.17, 15) is 0 Å². The van der Waals surface area contributed by atoms with Crippen LogP contribution in [0.4, 0.5) is 11.6 Å². The van der Waals surface area contributed by atoms with Crippen LogP contribution in [0.1, 0.15) is 12.8 Å². The fourth-order valence-electron chi connectivity index (χ4n) is 3.28. The van der Waals surface area contributed by atoms with Crippen molar-refractivity contribution in [3.8, 4) is 0 Å². The first kappa shape index (κ1) is 16.0. The molecule has 0 N–H and O–H groups in total. The summed E-state index contributed by atoms with van der Waals surface area (Å²) in [6.07, 6.45) is 7.45. The van der Waals surface area contributed by atoms with E-state index in [1.54, 1.807) is 12.5 Å². The zero-order chi connectivity index (χ0) is 17.2. The average Bonchev–Trinajstić information content (AvgIpc) is 2.68. The molecule has 0 bridgehead atoms. The van der Waals surface area contributed by atoms with E-state index in [4.69, 9.17) is 16.6 Å². The summed E-state index contributed by atoms with van der Waals surface area (Å²) >= 11 is 6.03. The molecular formula is C18H19ClN6. The number of rotatable bonds is 3. The van der Waals surface area contributed by atoms with Crippen molar-refractivity contribution in [1.82, 2.24) is 19.9 Å². The topological polar surface area (TPSA) is 58.0 Å². The molecule has 1 aliphatic heterocycles. The molecule has 1 atom stereocenters. The van der Waals surface area contributed by atoms with Crippen molar-refractivity contribution in [2.24, 2.45) is 0 Å². The summed E-state index contributed by atoms with van der Waals surface area (Å²) in [5, 5.41) is 0.680. The van der Waals surface area contributed by atoms with Gasteiger partial charge in [0.15, 0.2) is 0 Å². The van der Waals surface area contributed by atoms with Gasteiger partial charge in [-0.2, -0.15) is 0 Å². The lowest BCUT2D eigenvalue weighted by Crippen LogP contribution is -2.47. The van der Waals surface area contributed by atoms with E-state index in [2.05, 4.69) is 31.8 Å². The zero-order valence-electron chi connectivity index (χ0n) is 14.0. The number of aromatic nitrogens is 4. The van der Waals surface area contributed by atoms with Crippen molar-refractivity contribution >= 4 is 34.3 Å². The fourth-order valence-corrected chi connectivity index (χ4v) is 3.45. The van der Waals surface area contributed by atoms with Crippen LogP contribution in [0.3, 0.4) is 0 Å². The summed E-state index contributed by atoms with van der Waals surface area (Å²) in [5.74, 6) is 1.86. The van der Waals surface area contributed by atoms with Gasteiger partial charge in [-0.05, 0) is 37.1 Å². The Hall–Kier alpha value is -2.47. The molecule has 0 spiro atoms. The summed E-state index contributed by atoms with van der Waals surface area (Å²) in [7, 11) is 2.09. The summed E-state index contributed by atoms with van der Waals surface area (Å²) < 4.78 is 0. The highest BCUT2D eigenvalue weighted by Crippen LogP contribution is 2.24. The van der Waals surface area contributed by atoms with Crippen molar-refractivity contribution in [2.75, 3.05) is 29.9 Å². The lowest BCUT2D eigenvalue weighted by atomic mass is 10.0. The molecule has 0 saturated carbocycles. The van der Waals surface area contributed by atoms with Crippen LogP contribution in [0.25, 0.3) is 11.0 Å². The smallest absolute Gasteiger partial charge is 0.147 e. The average molecular weight is 355 g/mol. The first-order valence-electron chi connectivity index (χ1n) is 8.37. The molecule has 1 aliphatic rings. The molecule has 1 aromatic carbocycles. The van der Waals surface area contributed by atoms with Crippen LogP contribution in [0.5, 0.6) is 0 Å². The highest BCUT2D eigenvalue weighted by Gasteiger charge is 2.25. The zero-order valence-corrected chi connectivity index (χ0v) is 14.8. The second kappa shape index (κ2) is 6.80. The molecule has 1 saturated heterocycles. The van der Waals surface area contributed by atoms with E-state index in [-0.39, 0.29) is 0 Å². The summed E-state index contributed by atoms with van der Waals surface area (Å²) in [5.41, 5.74) is 1.69. The predicted molar refractivity (Wildman–Crippen MR) is 100 cm³/mol. The highest BCUT2D eigenvalue weighted by atomic mass is 35.5. The molecule has 7 heteroatoms. The van der Waals surface area contributed by atoms with E-state index < -0.39 is 0 Å². The molecule has 6 nitrogen and oxygen atoms in total. The SMILES string of the molecule is CN(c1ccncn1)C1CCCN(c2cnc3cc(Cl)ccc3n2)C1. The van der Waals surface area contributed by atoms with Crippen LogP contribution < -0.4 is 9.80 Å². The third-order valence-corrected chi connectivity index (χ3v) is 4.92. The Morgan fingerprint density at radius 3 is 2.96 bits per heavy atom. The van der Waals surface area contributed by atoms with Gasteiger partial charge in [0.1, 0.15) is 18.0 Å². The Labute approximate surface area is 151 Å². The van der Waals surface area contributed by atoms with Gasteiger partial charge in [-0.25, -0.2) is 15.0 Å².